The molecule has 94 valence electrons. The van der Waals surface area contributed by atoms with Gasteiger partial charge in [0.15, 0.2) is 11.5 Å². The summed E-state index contributed by atoms with van der Waals surface area (Å²) in [5.41, 5.74) is 5.08. The van der Waals surface area contributed by atoms with Gasteiger partial charge in [-0.2, -0.15) is 0 Å². The molecule has 1 rings (SSSR count). The molecule has 0 unspecified atom stereocenters. The van der Waals surface area contributed by atoms with Crippen LogP contribution in [0.5, 0.6) is 5.75 Å². The predicted molar refractivity (Wildman–Crippen MR) is 57.2 cm³/mol. The molecule has 3 nitrogen and oxygen atoms in total. The molecule has 0 heterocycles. The standard InChI is InChI=1S/C10H9ClF3NO2/c11-5-4-7(16)6-2-1-3-8(9(6)15)17-10(12,13)14/h1-3H,4-5,15H2. The van der Waals surface area contributed by atoms with Crippen LogP contribution in [0, 0.1) is 0 Å². The Morgan fingerprint density at radius 3 is 2.59 bits per heavy atom. The number of Topliss-reactive ketones (excluding diaryl/α,β-unsaturated/α-hetero) is 1. The fourth-order valence-corrected chi connectivity index (χ4v) is 1.39. The van der Waals surface area contributed by atoms with Crippen molar-refractivity contribution in [2.75, 3.05) is 11.6 Å². The van der Waals surface area contributed by atoms with E-state index in [0.29, 0.717) is 0 Å². The van der Waals surface area contributed by atoms with Crippen molar-refractivity contribution in [1.29, 1.82) is 0 Å². The normalized spacial score (nSPS) is 11.3. The molecule has 0 aliphatic rings. The summed E-state index contributed by atoms with van der Waals surface area (Å²) in [6, 6.07) is 3.63. The molecule has 0 amide bonds. The summed E-state index contributed by atoms with van der Waals surface area (Å²) in [4.78, 5) is 11.5. The average molecular weight is 268 g/mol. The highest BCUT2D eigenvalue weighted by Crippen LogP contribution is 2.31. The minimum absolute atomic E-state index is 0.00122. The van der Waals surface area contributed by atoms with E-state index in [1.54, 1.807) is 0 Å². The Hall–Kier alpha value is -1.43. The van der Waals surface area contributed by atoms with E-state index < -0.39 is 17.9 Å². The average Bonchev–Trinajstić information content (AvgIpc) is 2.19. The van der Waals surface area contributed by atoms with E-state index in [-0.39, 0.29) is 23.6 Å². The van der Waals surface area contributed by atoms with Crippen LogP contribution in [0.3, 0.4) is 0 Å². The number of alkyl halides is 4. The second kappa shape index (κ2) is 5.27. The number of nitrogens with two attached hydrogens (primary N) is 1. The number of para-hydroxylation sites is 1. The molecule has 0 aromatic heterocycles. The molecule has 1 aromatic rings. The third-order valence-electron chi connectivity index (χ3n) is 1.91. The number of hydrogen-bond acceptors (Lipinski definition) is 3. The first-order valence-electron chi connectivity index (χ1n) is 4.58. The van der Waals surface area contributed by atoms with Gasteiger partial charge in [-0.1, -0.05) is 6.07 Å². The Labute approximate surface area is 100 Å². The van der Waals surface area contributed by atoms with Crippen molar-refractivity contribution in [3.05, 3.63) is 23.8 Å². The third-order valence-corrected chi connectivity index (χ3v) is 2.10. The van der Waals surface area contributed by atoms with E-state index in [0.717, 1.165) is 6.07 Å². The zero-order valence-electron chi connectivity index (χ0n) is 8.55. The number of rotatable bonds is 4. The molecule has 0 spiro atoms. The fraction of sp³-hybridized carbons (Fsp3) is 0.300. The van der Waals surface area contributed by atoms with E-state index in [9.17, 15) is 18.0 Å². The van der Waals surface area contributed by atoms with Gasteiger partial charge < -0.3 is 10.5 Å². The highest BCUT2D eigenvalue weighted by Gasteiger charge is 2.32. The van der Waals surface area contributed by atoms with Gasteiger partial charge in [-0.05, 0) is 12.1 Å². The first-order chi connectivity index (χ1) is 7.85. The highest BCUT2D eigenvalue weighted by molar-refractivity contribution is 6.20. The molecule has 0 radical (unpaired) electrons. The SMILES string of the molecule is Nc1c(OC(F)(F)F)cccc1C(=O)CCCl. The largest absolute Gasteiger partial charge is 0.573 e. The first-order valence-corrected chi connectivity index (χ1v) is 5.12. The van der Waals surface area contributed by atoms with Crippen LogP contribution in [0.4, 0.5) is 18.9 Å². The lowest BCUT2D eigenvalue weighted by Gasteiger charge is -2.13. The number of hydrogen-bond donors (Lipinski definition) is 1. The molecule has 1 aromatic carbocycles. The molecular formula is C10H9ClF3NO2. The van der Waals surface area contributed by atoms with Crippen molar-refractivity contribution in [1.82, 2.24) is 0 Å². The van der Waals surface area contributed by atoms with E-state index in [4.69, 9.17) is 17.3 Å². The smallest absolute Gasteiger partial charge is 0.404 e. The number of anilines is 1. The molecule has 0 aliphatic carbocycles. The zero-order valence-corrected chi connectivity index (χ0v) is 9.31. The number of halogens is 4. The van der Waals surface area contributed by atoms with Crippen LogP contribution < -0.4 is 10.5 Å². The van der Waals surface area contributed by atoms with Crippen molar-refractivity contribution >= 4 is 23.1 Å². The van der Waals surface area contributed by atoms with Gasteiger partial charge >= 0.3 is 6.36 Å². The van der Waals surface area contributed by atoms with E-state index >= 15 is 0 Å². The first kappa shape index (κ1) is 13.6. The minimum Gasteiger partial charge on any atom is -0.404 e. The quantitative estimate of drug-likeness (QED) is 0.518. The summed E-state index contributed by atoms with van der Waals surface area (Å²) in [6.07, 6.45) is -4.84. The van der Waals surface area contributed by atoms with Gasteiger partial charge in [0.1, 0.15) is 0 Å². The summed E-state index contributed by atoms with van der Waals surface area (Å²) in [5.74, 6) is -0.939. The number of ketones is 1. The van der Waals surface area contributed by atoms with Gasteiger partial charge in [0, 0.05) is 17.9 Å². The lowest BCUT2D eigenvalue weighted by atomic mass is 10.1. The number of carbonyl (C=O) groups excluding carboxylic acids is 1. The lowest BCUT2D eigenvalue weighted by molar-refractivity contribution is -0.274. The summed E-state index contributed by atoms with van der Waals surface area (Å²) in [5, 5.41) is 0. The van der Waals surface area contributed by atoms with Crippen LogP contribution in [-0.4, -0.2) is 18.0 Å². The van der Waals surface area contributed by atoms with Crippen LogP contribution in [0.25, 0.3) is 0 Å². The summed E-state index contributed by atoms with van der Waals surface area (Å²) in [7, 11) is 0. The van der Waals surface area contributed by atoms with Crippen molar-refractivity contribution in [3.63, 3.8) is 0 Å². The van der Waals surface area contributed by atoms with Gasteiger partial charge in [-0.3, -0.25) is 4.79 Å². The van der Waals surface area contributed by atoms with Crippen molar-refractivity contribution in [2.24, 2.45) is 0 Å². The maximum absolute atomic E-state index is 12.0. The maximum atomic E-state index is 12.0. The minimum atomic E-state index is -4.84. The number of nitrogen functional groups attached to an aromatic ring is 1. The Balaban J connectivity index is 3.03. The van der Waals surface area contributed by atoms with Crippen LogP contribution in [0.1, 0.15) is 16.8 Å². The monoisotopic (exact) mass is 267 g/mol. The predicted octanol–water partition coefficient (Wildman–Crippen LogP) is 2.98. The fourth-order valence-electron chi connectivity index (χ4n) is 1.22. The van der Waals surface area contributed by atoms with Gasteiger partial charge in [0.05, 0.1) is 5.69 Å². The van der Waals surface area contributed by atoms with Gasteiger partial charge in [0.25, 0.3) is 0 Å². The summed E-state index contributed by atoms with van der Waals surface area (Å²) < 4.78 is 39.7. The Bertz CT molecular complexity index is 421. The van der Waals surface area contributed by atoms with Crippen LogP contribution in [0.2, 0.25) is 0 Å². The van der Waals surface area contributed by atoms with Crippen LogP contribution in [-0.2, 0) is 0 Å². The third kappa shape index (κ3) is 3.81. The van der Waals surface area contributed by atoms with Crippen molar-refractivity contribution in [3.8, 4) is 5.75 Å². The number of ether oxygens (including phenoxy) is 1. The lowest BCUT2D eigenvalue weighted by Crippen LogP contribution is -2.18. The highest BCUT2D eigenvalue weighted by atomic mass is 35.5. The molecule has 0 atom stereocenters. The molecule has 17 heavy (non-hydrogen) atoms. The van der Waals surface area contributed by atoms with Crippen LogP contribution >= 0.6 is 11.6 Å². The van der Waals surface area contributed by atoms with Crippen LogP contribution in [0.15, 0.2) is 18.2 Å². The second-order valence-corrected chi connectivity index (χ2v) is 3.51. The van der Waals surface area contributed by atoms with E-state index in [1.807, 2.05) is 0 Å². The van der Waals surface area contributed by atoms with Crippen molar-refractivity contribution < 1.29 is 22.7 Å². The molecule has 7 heteroatoms. The molecule has 2 N–H and O–H groups in total. The van der Waals surface area contributed by atoms with Crippen molar-refractivity contribution in [2.45, 2.75) is 12.8 Å². The summed E-state index contributed by atoms with van der Waals surface area (Å²) >= 11 is 5.37. The Morgan fingerprint density at radius 1 is 1.41 bits per heavy atom. The molecule has 0 saturated heterocycles. The molecule has 0 saturated carbocycles. The number of carbonyl (C=O) groups is 1. The van der Waals surface area contributed by atoms with Gasteiger partial charge in [-0.15, -0.1) is 24.8 Å². The topological polar surface area (TPSA) is 52.3 Å². The Morgan fingerprint density at radius 2 is 2.06 bits per heavy atom. The second-order valence-electron chi connectivity index (χ2n) is 3.13. The molecule has 0 fully saturated rings. The van der Waals surface area contributed by atoms with Gasteiger partial charge in [0.2, 0.25) is 0 Å². The van der Waals surface area contributed by atoms with E-state index in [1.165, 1.54) is 12.1 Å². The van der Waals surface area contributed by atoms with Gasteiger partial charge in [-0.25, -0.2) is 0 Å². The molecular weight excluding hydrogens is 259 g/mol. The molecule has 0 bridgehead atoms. The molecule has 0 aliphatic heterocycles. The zero-order chi connectivity index (χ0) is 13.1. The maximum Gasteiger partial charge on any atom is 0.573 e. The number of benzene rings is 1. The van der Waals surface area contributed by atoms with E-state index in [2.05, 4.69) is 4.74 Å². The Kier molecular flexibility index (Phi) is 4.22. The summed E-state index contributed by atoms with van der Waals surface area (Å²) in [6.45, 7) is 0.